The number of fused-ring (bicyclic) bond motifs is 14. The molecule has 0 spiro atoms. The Kier molecular flexibility index (Phi) is 4.83. The van der Waals surface area contributed by atoms with Crippen molar-refractivity contribution < 1.29 is 0 Å². The first kappa shape index (κ1) is 26.8. The smallest absolute Gasteiger partial charge is 0.0784 e. The van der Waals surface area contributed by atoms with E-state index in [9.17, 15) is 0 Å². The summed E-state index contributed by atoms with van der Waals surface area (Å²) in [5, 5.41) is 10.1. The van der Waals surface area contributed by atoms with Crippen molar-refractivity contribution in [1.82, 2.24) is 17.9 Å². The van der Waals surface area contributed by atoms with Gasteiger partial charge in [-0.05, 0) is 48.5 Å². The average Bonchev–Trinajstić information content (AvgIpc) is 3.94. The van der Waals surface area contributed by atoms with E-state index in [1.54, 1.807) is 0 Å². The monoisotopic (exact) mass is 660 g/mol. The Hall–Kier alpha value is -7.04. The van der Waals surface area contributed by atoms with E-state index in [1.165, 1.54) is 110 Å². The van der Waals surface area contributed by atoms with E-state index >= 15 is 0 Å². The number of benzene rings is 8. The summed E-state index contributed by atoms with van der Waals surface area (Å²) in [5.74, 6) is 0. The van der Waals surface area contributed by atoms with Crippen molar-refractivity contribution >= 4 is 98.3 Å². The van der Waals surface area contributed by atoms with Gasteiger partial charge in [-0.1, -0.05) is 121 Å². The summed E-state index contributed by atoms with van der Waals surface area (Å²) in [6.07, 6.45) is 0. The van der Waals surface area contributed by atoms with Crippen molar-refractivity contribution in [3.8, 4) is 11.4 Å². The zero-order chi connectivity index (χ0) is 33.7. The molecule has 5 aromatic heterocycles. The van der Waals surface area contributed by atoms with Crippen molar-refractivity contribution in [2.45, 2.75) is 0 Å². The lowest BCUT2D eigenvalue weighted by Crippen LogP contribution is -2.01. The second kappa shape index (κ2) is 9.39. The first-order valence-electron chi connectivity index (χ1n) is 18.0. The average molecular weight is 661 g/mol. The van der Waals surface area contributed by atoms with Crippen LogP contribution in [0.1, 0.15) is 0 Å². The van der Waals surface area contributed by atoms with Crippen LogP contribution in [0.3, 0.4) is 0 Å². The summed E-state index contributed by atoms with van der Waals surface area (Å²) in [6, 6.07) is 62.6. The molecular weight excluding hydrogens is 633 g/mol. The van der Waals surface area contributed by atoms with E-state index in [0.29, 0.717) is 0 Å². The predicted octanol–water partition coefficient (Wildman–Crippen LogP) is 12.4. The second-order valence-corrected chi connectivity index (χ2v) is 14.1. The molecule has 5 heterocycles. The highest BCUT2D eigenvalue weighted by atomic mass is 15.1. The van der Waals surface area contributed by atoms with Gasteiger partial charge in [-0.25, -0.2) is 0 Å². The van der Waals surface area contributed by atoms with Crippen molar-refractivity contribution in [1.29, 1.82) is 0 Å². The van der Waals surface area contributed by atoms with Gasteiger partial charge >= 0.3 is 0 Å². The second-order valence-electron chi connectivity index (χ2n) is 14.1. The molecule has 0 N–H and O–H groups in total. The predicted molar refractivity (Wildman–Crippen MR) is 218 cm³/mol. The Bertz CT molecular complexity index is 3290. The van der Waals surface area contributed by atoms with Crippen molar-refractivity contribution in [3.05, 3.63) is 170 Å². The fourth-order valence-electron chi connectivity index (χ4n) is 9.73. The number of hydrogen-bond donors (Lipinski definition) is 0. The number of hydrogen-bond acceptors (Lipinski definition) is 0. The standard InChI is InChI=1S/C48H28N4/c1-5-21-37-29(13-1)30-14-2-6-22-38(30)49(37)41-25-9-17-33-35-19-11-28-44-47(35)51(45(33)41)43-27-12-20-36-34-18-10-26-42(46(34)52(44)48(36)43)50-39-23-7-3-15-31(39)32-16-4-8-24-40(32)50/h1-28H. The van der Waals surface area contributed by atoms with E-state index < -0.39 is 0 Å². The molecule has 0 radical (unpaired) electrons. The fourth-order valence-corrected chi connectivity index (χ4v) is 9.73. The van der Waals surface area contributed by atoms with Crippen LogP contribution in [-0.2, 0) is 0 Å². The number of nitrogens with zero attached hydrogens (tertiary/aromatic N) is 4. The molecule has 0 saturated carbocycles. The van der Waals surface area contributed by atoms with Gasteiger partial charge in [0.2, 0.25) is 0 Å². The Morgan fingerprint density at radius 1 is 0.212 bits per heavy atom. The summed E-state index contributed by atoms with van der Waals surface area (Å²) in [7, 11) is 0. The Labute approximate surface area is 296 Å². The largest absolute Gasteiger partial charge is 0.307 e. The number of aromatic nitrogens is 4. The molecular formula is C48H28N4. The molecule has 0 unspecified atom stereocenters. The highest BCUT2D eigenvalue weighted by Gasteiger charge is 2.25. The molecule has 0 atom stereocenters. The lowest BCUT2D eigenvalue weighted by Gasteiger charge is -2.15. The molecule has 4 heteroatoms. The Balaban J connectivity index is 1.26. The zero-order valence-electron chi connectivity index (χ0n) is 28.0. The molecule has 0 bridgehead atoms. The lowest BCUT2D eigenvalue weighted by molar-refractivity contribution is 1.16. The minimum absolute atomic E-state index is 1.18. The van der Waals surface area contributed by atoms with E-state index in [-0.39, 0.29) is 0 Å². The summed E-state index contributed by atoms with van der Waals surface area (Å²) in [6.45, 7) is 0. The first-order chi connectivity index (χ1) is 25.9. The van der Waals surface area contributed by atoms with Gasteiger partial charge in [0.15, 0.2) is 0 Å². The molecule has 0 aliphatic carbocycles. The molecule has 240 valence electrons. The number of rotatable bonds is 2. The first-order valence-corrected chi connectivity index (χ1v) is 18.0. The van der Waals surface area contributed by atoms with E-state index in [4.69, 9.17) is 0 Å². The highest BCUT2D eigenvalue weighted by molar-refractivity contribution is 6.24. The molecule has 0 amide bonds. The maximum Gasteiger partial charge on any atom is 0.0784 e. The fraction of sp³-hybridized carbons (Fsp3) is 0. The third-order valence-electron chi connectivity index (χ3n) is 11.7. The normalized spacial score (nSPS) is 12.6. The molecule has 13 aromatic rings. The molecule has 0 saturated heterocycles. The molecule has 8 aromatic carbocycles. The van der Waals surface area contributed by atoms with Gasteiger partial charge in [0.1, 0.15) is 0 Å². The van der Waals surface area contributed by atoms with Crippen LogP contribution in [-0.4, -0.2) is 17.9 Å². The molecule has 0 aliphatic rings. The van der Waals surface area contributed by atoms with Crippen molar-refractivity contribution in [2.75, 3.05) is 0 Å². The molecule has 0 fully saturated rings. The van der Waals surface area contributed by atoms with Crippen LogP contribution in [0.5, 0.6) is 0 Å². The van der Waals surface area contributed by atoms with Gasteiger partial charge < -0.3 is 17.9 Å². The van der Waals surface area contributed by atoms with Gasteiger partial charge in [0.25, 0.3) is 0 Å². The highest BCUT2D eigenvalue weighted by Crippen LogP contribution is 2.45. The summed E-state index contributed by atoms with van der Waals surface area (Å²) in [5.41, 5.74) is 14.6. The minimum atomic E-state index is 1.18. The SMILES string of the molecule is c1ccc2c(c1)c1ccccc1n2-c1cccc2c3cccc4c3n(c3cccc5c6cccc(-n7c8ccccc8c8ccccc87)c6n4c53)c12. The van der Waals surface area contributed by atoms with E-state index in [2.05, 4.69) is 188 Å². The van der Waals surface area contributed by atoms with Gasteiger partial charge in [0.05, 0.1) is 66.5 Å². The zero-order valence-corrected chi connectivity index (χ0v) is 28.0. The maximum atomic E-state index is 2.56. The van der Waals surface area contributed by atoms with Crippen molar-refractivity contribution in [2.24, 2.45) is 0 Å². The third kappa shape index (κ3) is 3.07. The van der Waals surface area contributed by atoms with Crippen LogP contribution in [0.25, 0.3) is 110 Å². The van der Waals surface area contributed by atoms with Gasteiger partial charge in [-0.3, -0.25) is 0 Å². The van der Waals surface area contributed by atoms with Crippen LogP contribution in [0, 0.1) is 0 Å². The molecule has 13 rings (SSSR count). The van der Waals surface area contributed by atoms with E-state index in [0.717, 1.165) is 0 Å². The maximum absolute atomic E-state index is 2.56. The summed E-state index contributed by atoms with van der Waals surface area (Å²) < 4.78 is 10.1. The van der Waals surface area contributed by atoms with Crippen molar-refractivity contribution in [3.63, 3.8) is 0 Å². The van der Waals surface area contributed by atoms with Gasteiger partial charge in [0, 0.05) is 43.1 Å². The van der Waals surface area contributed by atoms with Crippen LogP contribution in [0.2, 0.25) is 0 Å². The van der Waals surface area contributed by atoms with Gasteiger partial charge in [-0.15, -0.1) is 0 Å². The van der Waals surface area contributed by atoms with Crippen LogP contribution in [0.15, 0.2) is 170 Å². The summed E-state index contributed by atoms with van der Waals surface area (Å²) in [4.78, 5) is 0. The summed E-state index contributed by atoms with van der Waals surface area (Å²) >= 11 is 0. The number of para-hydroxylation sites is 8. The van der Waals surface area contributed by atoms with Crippen LogP contribution < -0.4 is 0 Å². The quantitative estimate of drug-likeness (QED) is 0.164. The molecule has 52 heavy (non-hydrogen) atoms. The molecule has 0 aliphatic heterocycles. The van der Waals surface area contributed by atoms with Crippen LogP contribution in [0.4, 0.5) is 0 Å². The Morgan fingerprint density at radius 2 is 0.481 bits per heavy atom. The lowest BCUT2D eigenvalue weighted by atomic mass is 10.1. The van der Waals surface area contributed by atoms with Gasteiger partial charge in [-0.2, -0.15) is 0 Å². The third-order valence-corrected chi connectivity index (χ3v) is 11.7. The topological polar surface area (TPSA) is 18.7 Å². The Morgan fingerprint density at radius 3 is 0.846 bits per heavy atom. The molecule has 4 nitrogen and oxygen atoms in total. The van der Waals surface area contributed by atoms with E-state index in [1.807, 2.05) is 0 Å². The minimum Gasteiger partial charge on any atom is -0.307 e. The van der Waals surface area contributed by atoms with Crippen LogP contribution >= 0.6 is 0 Å².